The zero-order valence-corrected chi connectivity index (χ0v) is 13.4. The van der Waals surface area contributed by atoms with Crippen LogP contribution in [0.15, 0.2) is 24.3 Å². The van der Waals surface area contributed by atoms with Crippen LogP contribution in [0.5, 0.6) is 0 Å². The topological polar surface area (TPSA) is 40.5 Å². The van der Waals surface area contributed by atoms with Crippen molar-refractivity contribution in [2.24, 2.45) is 5.41 Å². The summed E-state index contributed by atoms with van der Waals surface area (Å²) in [5.41, 5.74) is 2.06. The molecule has 3 nitrogen and oxygen atoms in total. The van der Waals surface area contributed by atoms with Gasteiger partial charge in [-0.1, -0.05) is 32.9 Å². The molecule has 0 saturated carbocycles. The van der Waals surface area contributed by atoms with E-state index in [-0.39, 0.29) is 17.9 Å². The SMILES string of the molecule is CCC1(CO)CCN(C(=O)c2ccc(C(C)C)cc2)CC1. The third kappa shape index (κ3) is 3.46. The highest BCUT2D eigenvalue weighted by atomic mass is 16.3. The average molecular weight is 289 g/mol. The number of amides is 1. The molecule has 0 unspecified atom stereocenters. The number of aliphatic hydroxyl groups excluding tert-OH is 1. The molecule has 1 aliphatic rings. The first-order valence-corrected chi connectivity index (χ1v) is 8.01. The Hall–Kier alpha value is -1.35. The second-order valence-corrected chi connectivity index (χ2v) is 6.58. The molecule has 116 valence electrons. The summed E-state index contributed by atoms with van der Waals surface area (Å²) in [6.45, 7) is 8.16. The number of benzene rings is 1. The Bertz CT molecular complexity index is 464. The number of piperidine rings is 1. The van der Waals surface area contributed by atoms with Crippen molar-refractivity contribution in [2.75, 3.05) is 19.7 Å². The van der Waals surface area contributed by atoms with Crippen molar-refractivity contribution in [3.63, 3.8) is 0 Å². The highest BCUT2D eigenvalue weighted by molar-refractivity contribution is 5.94. The lowest BCUT2D eigenvalue weighted by molar-refractivity contribution is 0.0338. The molecular weight excluding hydrogens is 262 g/mol. The van der Waals surface area contributed by atoms with Crippen LogP contribution < -0.4 is 0 Å². The highest BCUT2D eigenvalue weighted by Gasteiger charge is 2.34. The van der Waals surface area contributed by atoms with Gasteiger partial charge in [-0.25, -0.2) is 0 Å². The van der Waals surface area contributed by atoms with Crippen LogP contribution in [0, 0.1) is 5.41 Å². The third-order valence-corrected chi connectivity index (χ3v) is 5.02. The molecule has 1 N–H and O–H groups in total. The number of hydrogen-bond donors (Lipinski definition) is 1. The Kier molecular flexibility index (Phi) is 5.04. The number of rotatable bonds is 4. The summed E-state index contributed by atoms with van der Waals surface area (Å²) in [5, 5.41) is 9.56. The molecule has 1 fully saturated rings. The molecule has 0 spiro atoms. The Balaban J connectivity index is 2.01. The third-order valence-electron chi connectivity index (χ3n) is 5.02. The molecule has 0 atom stereocenters. The van der Waals surface area contributed by atoms with Gasteiger partial charge in [-0.05, 0) is 48.3 Å². The van der Waals surface area contributed by atoms with E-state index in [1.807, 2.05) is 29.2 Å². The maximum atomic E-state index is 12.5. The van der Waals surface area contributed by atoms with E-state index < -0.39 is 0 Å². The molecule has 2 rings (SSSR count). The molecule has 0 aliphatic carbocycles. The number of aliphatic hydroxyl groups is 1. The standard InChI is InChI=1S/C18H27NO2/c1-4-18(13-20)9-11-19(12-10-18)17(21)16-7-5-15(6-8-16)14(2)3/h5-8,14,20H,4,9-13H2,1-3H3. The summed E-state index contributed by atoms with van der Waals surface area (Å²) in [6.07, 6.45) is 2.78. The number of carbonyl (C=O) groups excluding carboxylic acids is 1. The van der Waals surface area contributed by atoms with Crippen molar-refractivity contribution >= 4 is 5.91 Å². The second kappa shape index (κ2) is 6.61. The Morgan fingerprint density at radius 1 is 1.24 bits per heavy atom. The first-order valence-electron chi connectivity index (χ1n) is 8.01. The molecule has 0 radical (unpaired) electrons. The molecule has 1 amide bonds. The summed E-state index contributed by atoms with van der Waals surface area (Å²) in [5.74, 6) is 0.604. The molecule has 1 aromatic rings. The van der Waals surface area contributed by atoms with Crippen LogP contribution in [0.2, 0.25) is 0 Å². The minimum atomic E-state index is 0.0261. The lowest BCUT2D eigenvalue weighted by atomic mass is 9.77. The van der Waals surface area contributed by atoms with Crippen LogP contribution in [0.3, 0.4) is 0 Å². The van der Waals surface area contributed by atoms with Crippen molar-refractivity contribution in [1.82, 2.24) is 4.90 Å². The van der Waals surface area contributed by atoms with Gasteiger partial charge in [0.1, 0.15) is 0 Å². The molecule has 1 aliphatic heterocycles. The van der Waals surface area contributed by atoms with Crippen LogP contribution in [0.25, 0.3) is 0 Å². The van der Waals surface area contributed by atoms with E-state index in [9.17, 15) is 9.90 Å². The monoisotopic (exact) mass is 289 g/mol. The van der Waals surface area contributed by atoms with Gasteiger partial charge in [-0.2, -0.15) is 0 Å². The highest BCUT2D eigenvalue weighted by Crippen LogP contribution is 2.34. The van der Waals surface area contributed by atoms with Gasteiger partial charge in [0.2, 0.25) is 0 Å². The smallest absolute Gasteiger partial charge is 0.253 e. The maximum Gasteiger partial charge on any atom is 0.253 e. The van der Waals surface area contributed by atoms with Gasteiger partial charge in [0.05, 0.1) is 0 Å². The molecule has 1 aromatic carbocycles. The number of carbonyl (C=O) groups is 1. The van der Waals surface area contributed by atoms with Crippen LogP contribution >= 0.6 is 0 Å². The number of likely N-dealkylation sites (tertiary alicyclic amines) is 1. The Labute approximate surface area is 128 Å². The fourth-order valence-corrected chi connectivity index (χ4v) is 3.00. The molecule has 3 heteroatoms. The number of hydrogen-bond acceptors (Lipinski definition) is 2. The van der Waals surface area contributed by atoms with Crippen LogP contribution in [0.4, 0.5) is 0 Å². The minimum Gasteiger partial charge on any atom is -0.396 e. The second-order valence-electron chi connectivity index (χ2n) is 6.58. The van der Waals surface area contributed by atoms with Crippen molar-refractivity contribution in [1.29, 1.82) is 0 Å². The summed E-state index contributed by atoms with van der Waals surface area (Å²) in [6, 6.07) is 7.97. The fraction of sp³-hybridized carbons (Fsp3) is 0.611. The van der Waals surface area contributed by atoms with E-state index in [2.05, 4.69) is 20.8 Å². The lowest BCUT2D eigenvalue weighted by Gasteiger charge is -2.40. The number of nitrogens with zero attached hydrogens (tertiary/aromatic N) is 1. The van der Waals surface area contributed by atoms with Gasteiger partial charge in [-0.3, -0.25) is 4.79 Å². The van der Waals surface area contributed by atoms with E-state index in [0.29, 0.717) is 5.92 Å². The first-order chi connectivity index (χ1) is 10.0. The molecule has 1 heterocycles. The lowest BCUT2D eigenvalue weighted by Crippen LogP contribution is -2.44. The van der Waals surface area contributed by atoms with Crippen molar-refractivity contribution in [2.45, 2.75) is 46.0 Å². The first kappa shape index (κ1) is 16.0. The van der Waals surface area contributed by atoms with E-state index in [1.165, 1.54) is 5.56 Å². The molecular formula is C18H27NO2. The predicted molar refractivity (Wildman–Crippen MR) is 85.5 cm³/mol. The molecule has 0 bridgehead atoms. The van der Waals surface area contributed by atoms with E-state index >= 15 is 0 Å². The van der Waals surface area contributed by atoms with Gasteiger partial charge in [0.25, 0.3) is 5.91 Å². The summed E-state index contributed by atoms with van der Waals surface area (Å²) >= 11 is 0. The van der Waals surface area contributed by atoms with Crippen LogP contribution in [-0.4, -0.2) is 35.6 Å². The van der Waals surface area contributed by atoms with Crippen molar-refractivity contribution in [3.8, 4) is 0 Å². The van der Waals surface area contributed by atoms with E-state index in [1.54, 1.807) is 0 Å². The largest absolute Gasteiger partial charge is 0.396 e. The summed E-state index contributed by atoms with van der Waals surface area (Å²) in [4.78, 5) is 14.5. The van der Waals surface area contributed by atoms with E-state index in [0.717, 1.165) is 37.9 Å². The van der Waals surface area contributed by atoms with Gasteiger partial charge in [-0.15, -0.1) is 0 Å². The molecule has 0 aromatic heterocycles. The zero-order valence-electron chi connectivity index (χ0n) is 13.4. The normalized spacial score (nSPS) is 18.0. The molecule has 1 saturated heterocycles. The maximum absolute atomic E-state index is 12.5. The Morgan fingerprint density at radius 3 is 2.24 bits per heavy atom. The van der Waals surface area contributed by atoms with Crippen molar-refractivity contribution < 1.29 is 9.90 Å². The zero-order chi connectivity index (χ0) is 15.5. The van der Waals surface area contributed by atoms with Gasteiger partial charge in [0, 0.05) is 25.3 Å². The fourth-order valence-electron chi connectivity index (χ4n) is 3.00. The predicted octanol–water partition coefficient (Wildman–Crippen LogP) is 3.43. The van der Waals surface area contributed by atoms with Crippen molar-refractivity contribution in [3.05, 3.63) is 35.4 Å². The van der Waals surface area contributed by atoms with Crippen LogP contribution in [-0.2, 0) is 0 Å². The van der Waals surface area contributed by atoms with Gasteiger partial charge >= 0.3 is 0 Å². The summed E-state index contributed by atoms with van der Waals surface area (Å²) < 4.78 is 0. The molecule has 21 heavy (non-hydrogen) atoms. The Morgan fingerprint density at radius 2 is 1.81 bits per heavy atom. The van der Waals surface area contributed by atoms with E-state index in [4.69, 9.17) is 0 Å². The van der Waals surface area contributed by atoms with Gasteiger partial charge < -0.3 is 10.0 Å². The quantitative estimate of drug-likeness (QED) is 0.922. The van der Waals surface area contributed by atoms with Gasteiger partial charge in [0.15, 0.2) is 0 Å². The average Bonchev–Trinajstić information content (AvgIpc) is 2.54. The minimum absolute atomic E-state index is 0.0261. The summed E-state index contributed by atoms with van der Waals surface area (Å²) in [7, 11) is 0. The van der Waals surface area contributed by atoms with Crippen LogP contribution in [0.1, 0.15) is 61.9 Å².